The summed E-state index contributed by atoms with van der Waals surface area (Å²) in [5.74, 6) is -2.42. The predicted molar refractivity (Wildman–Crippen MR) is 111 cm³/mol. The van der Waals surface area contributed by atoms with Gasteiger partial charge in [0.05, 0.1) is 17.1 Å². The molecule has 2 amide bonds. The van der Waals surface area contributed by atoms with E-state index in [4.69, 9.17) is 5.73 Å². The Kier molecular flexibility index (Phi) is 7.57. The van der Waals surface area contributed by atoms with Crippen molar-refractivity contribution in [2.75, 3.05) is 18.0 Å². The number of oxime groups is 1. The maximum Gasteiger partial charge on any atom is 1.00 e. The first-order chi connectivity index (χ1) is 14.8. The third-order valence-electron chi connectivity index (χ3n) is 4.83. The van der Waals surface area contributed by atoms with E-state index in [1.54, 1.807) is 5.38 Å². The van der Waals surface area contributed by atoms with Crippen LogP contribution >= 0.6 is 34.6 Å². The van der Waals surface area contributed by atoms with Gasteiger partial charge >= 0.3 is 29.6 Å². The second-order valence-electron chi connectivity index (χ2n) is 6.75. The van der Waals surface area contributed by atoms with E-state index < -0.39 is 34.6 Å². The molecule has 2 aromatic rings. The second kappa shape index (κ2) is 9.84. The number of rotatable bonds is 6. The summed E-state index contributed by atoms with van der Waals surface area (Å²) in [6, 6.07) is -0.892. The fraction of sp³-hybridized carbons (Fsp3) is 0.312. The number of anilines is 1. The molecular weight excluding hydrogens is 489 g/mol. The molecule has 0 spiro atoms. The maximum absolute atomic E-state index is 12.6. The smallest absolute Gasteiger partial charge is 0.549 e. The number of carboxylic acids is 1. The number of nitrogens with two attached hydrogens (primary N) is 1. The van der Waals surface area contributed by atoms with Crippen molar-refractivity contribution in [3.8, 4) is 0 Å². The Balaban J connectivity index is 0.00000289. The molecule has 32 heavy (non-hydrogen) atoms. The number of hydrogen-bond acceptors (Lipinski definition) is 13. The van der Waals surface area contributed by atoms with E-state index in [9.17, 15) is 24.7 Å². The number of nitrogens with zero attached hydrogens (tertiary/aromatic N) is 5. The van der Waals surface area contributed by atoms with Crippen LogP contribution in [0.3, 0.4) is 0 Å². The predicted octanol–water partition coefficient (Wildman–Crippen LogP) is -4.39. The van der Waals surface area contributed by atoms with Crippen molar-refractivity contribution in [3.05, 3.63) is 28.2 Å². The van der Waals surface area contributed by atoms with E-state index in [1.807, 2.05) is 0 Å². The number of fused-ring (bicyclic) bond motifs is 1. The molecule has 2 fully saturated rings. The third-order valence-corrected chi connectivity index (χ3v) is 7.58. The van der Waals surface area contributed by atoms with Crippen molar-refractivity contribution in [1.29, 1.82) is 0 Å². The molecule has 4 rings (SSSR count). The molecule has 0 bridgehead atoms. The first-order valence-electron chi connectivity index (χ1n) is 8.69. The van der Waals surface area contributed by atoms with Crippen LogP contribution in [0.1, 0.15) is 11.4 Å². The van der Waals surface area contributed by atoms with Gasteiger partial charge in [0.25, 0.3) is 5.91 Å². The molecule has 3 atom stereocenters. The third kappa shape index (κ3) is 4.53. The van der Waals surface area contributed by atoms with Gasteiger partial charge in [-0.1, -0.05) is 15.7 Å². The maximum atomic E-state index is 12.6. The molecule has 0 aromatic carbocycles. The molecule has 0 aliphatic carbocycles. The Bertz CT molecular complexity index is 1090. The summed E-state index contributed by atoms with van der Waals surface area (Å²) in [5, 5.41) is 33.2. The van der Waals surface area contributed by atoms with Crippen LogP contribution in [0.2, 0.25) is 0 Å². The molecule has 0 radical (unpaired) electrons. The van der Waals surface area contributed by atoms with E-state index in [0.717, 1.165) is 22.9 Å². The van der Waals surface area contributed by atoms with Crippen LogP contribution in [0.5, 0.6) is 0 Å². The van der Waals surface area contributed by atoms with Gasteiger partial charge in [-0.2, -0.15) is 0 Å². The van der Waals surface area contributed by atoms with Crippen molar-refractivity contribution in [2.45, 2.75) is 11.4 Å². The van der Waals surface area contributed by atoms with Crippen molar-refractivity contribution in [1.82, 2.24) is 24.8 Å². The van der Waals surface area contributed by atoms with Gasteiger partial charge in [-0.25, -0.2) is 4.98 Å². The normalized spacial score (nSPS) is 25.1. The van der Waals surface area contributed by atoms with Crippen molar-refractivity contribution in [3.63, 3.8) is 0 Å². The zero-order valence-electron chi connectivity index (χ0n) is 16.5. The quantitative estimate of drug-likeness (QED) is 0.114. The fourth-order valence-electron chi connectivity index (χ4n) is 3.20. The summed E-state index contributed by atoms with van der Waals surface area (Å²) in [7, 11) is 0. The largest absolute Gasteiger partial charge is 1.00 e. The zero-order chi connectivity index (χ0) is 22.2. The van der Waals surface area contributed by atoms with Crippen molar-refractivity contribution < 1.29 is 54.3 Å². The monoisotopic (exact) mass is 503 g/mol. The van der Waals surface area contributed by atoms with Gasteiger partial charge in [0.1, 0.15) is 17.1 Å². The Labute approximate surface area is 215 Å². The van der Waals surface area contributed by atoms with Crippen LogP contribution in [0, 0.1) is 5.41 Å². The van der Waals surface area contributed by atoms with E-state index in [-0.39, 0.29) is 58.4 Å². The number of aliphatic carboxylic acids is 1. The number of thiazole rings is 1. The first kappa shape index (κ1) is 24.6. The molecule has 2 unspecified atom stereocenters. The number of nitrogen functional groups attached to an aromatic ring is 1. The van der Waals surface area contributed by atoms with Gasteiger partial charge < -0.3 is 31.1 Å². The molecule has 162 valence electrons. The second-order valence-corrected chi connectivity index (χ2v) is 9.35. The Hall–Kier alpha value is -2.04. The number of carboxylic acid groups (broad SMARTS) is 1. The number of aromatic nitrogens is 3. The van der Waals surface area contributed by atoms with E-state index in [0.29, 0.717) is 5.69 Å². The minimum Gasteiger partial charge on any atom is -0.549 e. The number of hydrogen-bond donors (Lipinski definition) is 3. The number of β-lactam (4-membered cyclic amide) rings is 1. The molecule has 4 heterocycles. The summed E-state index contributed by atoms with van der Waals surface area (Å²) in [5.41, 5.74) is 4.36. The Morgan fingerprint density at radius 1 is 1.44 bits per heavy atom. The summed E-state index contributed by atoms with van der Waals surface area (Å²) in [6.07, 6.45) is 3.00. The van der Waals surface area contributed by atoms with Crippen LogP contribution in [0.25, 0.3) is 6.08 Å². The minimum absolute atomic E-state index is 0. The minimum atomic E-state index is -1.40. The van der Waals surface area contributed by atoms with Crippen LogP contribution in [0.4, 0.5) is 5.13 Å². The standard InChI is InChI=1S/C16H15N7O5S3.Na/c17-15-18-8(4-29-15)9(21-28)11(24)19-10-12(25)23-5-16(14(26)27,6-30-13(10)23)2-1-7-3-31-22-20-7;/h1-4,10,13,28H,5-6H2,(H2,17,18)(H,19,24)(H,26,27);/q;+1/p-1/t10?,13-,16?;/m1./s1. The molecule has 2 aromatic heterocycles. The fourth-order valence-corrected chi connectivity index (χ4v) is 5.67. The van der Waals surface area contributed by atoms with Gasteiger partial charge in [0, 0.05) is 23.1 Å². The number of carbonyl (C=O) groups excluding carboxylic acids is 3. The van der Waals surface area contributed by atoms with Gasteiger partial charge in [0.15, 0.2) is 10.8 Å². The molecule has 16 heteroatoms. The van der Waals surface area contributed by atoms with E-state index in [2.05, 4.69) is 25.0 Å². The molecule has 2 aliphatic rings. The van der Waals surface area contributed by atoms with Crippen molar-refractivity contribution in [2.24, 2.45) is 10.6 Å². The number of amides is 2. The van der Waals surface area contributed by atoms with Gasteiger partial charge in [0.2, 0.25) is 5.91 Å². The van der Waals surface area contributed by atoms with Crippen LogP contribution in [-0.2, 0) is 14.4 Å². The summed E-state index contributed by atoms with van der Waals surface area (Å²) >= 11 is 3.41. The number of nitrogens with one attached hydrogen (secondary N) is 1. The number of thioether (sulfide) groups is 1. The first-order valence-corrected chi connectivity index (χ1v) is 11.5. The Morgan fingerprint density at radius 3 is 2.81 bits per heavy atom. The van der Waals surface area contributed by atoms with Crippen LogP contribution in [-0.4, -0.2) is 71.9 Å². The zero-order valence-corrected chi connectivity index (χ0v) is 20.9. The van der Waals surface area contributed by atoms with Crippen LogP contribution < -0.4 is 45.7 Å². The molecule has 12 nitrogen and oxygen atoms in total. The molecule has 2 saturated heterocycles. The van der Waals surface area contributed by atoms with Gasteiger partial charge in [-0.15, -0.1) is 28.2 Å². The van der Waals surface area contributed by atoms with E-state index in [1.165, 1.54) is 34.2 Å². The van der Waals surface area contributed by atoms with E-state index >= 15 is 0 Å². The molecular formula is C16H14N7NaO5S3. The molecule has 2 aliphatic heterocycles. The Morgan fingerprint density at radius 2 is 2.22 bits per heavy atom. The average molecular weight is 504 g/mol. The summed E-state index contributed by atoms with van der Waals surface area (Å²) < 4.78 is 3.71. The molecule has 0 saturated carbocycles. The average Bonchev–Trinajstić information content (AvgIpc) is 3.42. The van der Waals surface area contributed by atoms with Gasteiger partial charge in [-0.3, -0.25) is 9.59 Å². The van der Waals surface area contributed by atoms with Crippen LogP contribution in [0.15, 0.2) is 22.0 Å². The summed E-state index contributed by atoms with van der Waals surface area (Å²) in [6.45, 7) is -0.101. The summed E-state index contributed by atoms with van der Waals surface area (Å²) in [4.78, 5) is 42.3. The SMILES string of the molecule is Nc1nc(C(=NO)C(=O)NC2C(=O)N3CC(C=Cc4csnn4)(C(=O)[O-])CS[C@H]23)cs1.[Na+]. The number of carbonyl (C=O) groups is 3. The van der Waals surface area contributed by atoms with Crippen molar-refractivity contribution >= 4 is 69.3 Å². The topological polar surface area (TPSA) is 187 Å². The molecule has 4 N–H and O–H groups in total. The van der Waals surface area contributed by atoms with Gasteiger partial charge in [-0.05, 0) is 17.6 Å².